The molecule has 0 aromatic heterocycles. The molecule has 0 aliphatic heterocycles. The van der Waals surface area contributed by atoms with Gasteiger partial charge in [0, 0.05) is 6.07 Å². The fourth-order valence-electron chi connectivity index (χ4n) is 2.11. The van der Waals surface area contributed by atoms with E-state index in [2.05, 4.69) is 0 Å². The van der Waals surface area contributed by atoms with Gasteiger partial charge in [-0.15, -0.1) is 0 Å². The van der Waals surface area contributed by atoms with Gasteiger partial charge in [-0.05, 0) is 38.1 Å². The number of nitrogens with zero attached hydrogens (tertiary/aromatic N) is 1. The average Bonchev–Trinajstić information content (AvgIpc) is 2.61. The van der Waals surface area contributed by atoms with Gasteiger partial charge < -0.3 is 9.47 Å². The van der Waals surface area contributed by atoms with Gasteiger partial charge in [-0.25, -0.2) is 13.2 Å². The lowest BCUT2D eigenvalue weighted by atomic mass is 10.2. The number of ether oxygens (including phenoxy) is 2. The molecule has 0 amide bonds. The van der Waals surface area contributed by atoms with E-state index in [1.165, 1.54) is 37.4 Å². The van der Waals surface area contributed by atoms with Gasteiger partial charge in [0.05, 0.1) is 34.5 Å². The van der Waals surface area contributed by atoms with E-state index in [-0.39, 0.29) is 22.0 Å². The van der Waals surface area contributed by atoms with Crippen LogP contribution in [0.4, 0.5) is 0 Å². The second-order valence-electron chi connectivity index (χ2n) is 5.46. The summed E-state index contributed by atoms with van der Waals surface area (Å²) in [6.45, 7) is 3.09. The minimum absolute atomic E-state index is 0.0531. The Morgan fingerprint density at radius 3 is 2.40 bits per heavy atom. The van der Waals surface area contributed by atoms with Crippen LogP contribution in [0.2, 0.25) is 0 Å². The number of hydrogen-bond donors (Lipinski definition) is 0. The number of benzene rings is 2. The van der Waals surface area contributed by atoms with Crippen molar-refractivity contribution in [3.63, 3.8) is 0 Å². The molecule has 0 aliphatic carbocycles. The van der Waals surface area contributed by atoms with E-state index >= 15 is 0 Å². The molecule has 0 spiro atoms. The molecule has 2 rings (SSSR count). The van der Waals surface area contributed by atoms with E-state index < -0.39 is 21.1 Å². The van der Waals surface area contributed by atoms with Crippen molar-refractivity contribution in [3.8, 4) is 17.6 Å². The first kappa shape index (κ1) is 18.5. The molecule has 0 N–H and O–H groups in total. The Bertz CT molecular complexity index is 942. The largest absolute Gasteiger partial charge is 0.493 e. The normalized spacial score (nSPS) is 11.0. The van der Waals surface area contributed by atoms with Crippen LogP contribution in [0.15, 0.2) is 47.4 Å². The molecular weight excluding hydrogens is 342 g/mol. The van der Waals surface area contributed by atoms with Crippen molar-refractivity contribution in [2.45, 2.75) is 24.0 Å². The Hall–Kier alpha value is -2.85. The zero-order chi connectivity index (χ0) is 18.6. The molecule has 0 heterocycles. The fourth-order valence-corrected chi connectivity index (χ4v) is 3.35. The molecule has 0 atom stereocenters. The second kappa shape index (κ2) is 7.36. The number of carbonyl (C=O) groups is 1. The predicted molar refractivity (Wildman–Crippen MR) is 91.4 cm³/mol. The van der Waals surface area contributed by atoms with Gasteiger partial charge in [-0.2, -0.15) is 5.26 Å². The first-order valence-corrected chi connectivity index (χ1v) is 8.99. The third-order valence-corrected chi connectivity index (χ3v) is 5.74. The Morgan fingerprint density at radius 2 is 1.80 bits per heavy atom. The molecule has 0 saturated heterocycles. The average molecular weight is 359 g/mol. The summed E-state index contributed by atoms with van der Waals surface area (Å²) in [6.07, 6.45) is 0. The zero-order valence-corrected chi connectivity index (χ0v) is 14.8. The van der Waals surface area contributed by atoms with Crippen molar-refractivity contribution in [2.24, 2.45) is 0 Å². The third-order valence-electron chi connectivity index (χ3n) is 3.53. The first-order valence-electron chi connectivity index (χ1n) is 7.44. The van der Waals surface area contributed by atoms with Gasteiger partial charge in [0.2, 0.25) is 0 Å². The summed E-state index contributed by atoms with van der Waals surface area (Å²) in [5, 5.41) is 8.23. The molecular formula is C18H17NO5S. The highest BCUT2D eigenvalue weighted by atomic mass is 32.2. The van der Waals surface area contributed by atoms with E-state index in [9.17, 15) is 13.2 Å². The lowest BCUT2D eigenvalue weighted by molar-refractivity contribution is 0.0725. The Kier molecular flexibility index (Phi) is 5.45. The number of nitriles is 1. The molecule has 2 aromatic carbocycles. The molecule has 2 aromatic rings. The van der Waals surface area contributed by atoms with Crippen molar-refractivity contribution in [2.75, 3.05) is 7.11 Å². The van der Waals surface area contributed by atoms with E-state index in [1.807, 2.05) is 6.07 Å². The van der Waals surface area contributed by atoms with Crippen LogP contribution in [0.25, 0.3) is 0 Å². The Morgan fingerprint density at radius 1 is 1.12 bits per heavy atom. The smallest absolute Gasteiger partial charge is 0.344 e. The van der Waals surface area contributed by atoms with Gasteiger partial charge in [-0.3, -0.25) is 0 Å². The van der Waals surface area contributed by atoms with Crippen LogP contribution in [0.1, 0.15) is 29.8 Å². The molecule has 7 heteroatoms. The summed E-state index contributed by atoms with van der Waals surface area (Å²) in [4.78, 5) is 12.4. The number of sulfone groups is 1. The summed E-state index contributed by atoms with van der Waals surface area (Å²) in [5.41, 5.74) is 0.294. The number of esters is 1. The van der Waals surface area contributed by atoms with Crippen LogP contribution in [0.3, 0.4) is 0 Å². The van der Waals surface area contributed by atoms with Crippen LogP contribution in [0, 0.1) is 11.3 Å². The summed E-state index contributed by atoms with van der Waals surface area (Å²) in [5.74, 6) is -0.511. The lowest BCUT2D eigenvalue weighted by Gasteiger charge is -2.13. The third kappa shape index (κ3) is 3.80. The highest BCUT2D eigenvalue weighted by Crippen LogP contribution is 2.29. The molecule has 0 aliphatic rings. The quantitative estimate of drug-likeness (QED) is 0.602. The summed E-state index contributed by atoms with van der Waals surface area (Å²) < 4.78 is 35.3. The van der Waals surface area contributed by atoms with Gasteiger partial charge in [0.25, 0.3) is 0 Å². The van der Waals surface area contributed by atoms with E-state index in [0.29, 0.717) is 5.56 Å². The van der Waals surface area contributed by atoms with E-state index in [0.717, 1.165) is 0 Å². The van der Waals surface area contributed by atoms with Crippen molar-refractivity contribution >= 4 is 15.8 Å². The van der Waals surface area contributed by atoms with Gasteiger partial charge in [-0.1, -0.05) is 12.1 Å². The highest BCUT2D eigenvalue weighted by Gasteiger charge is 2.26. The van der Waals surface area contributed by atoms with Gasteiger partial charge >= 0.3 is 5.97 Å². The maximum absolute atomic E-state index is 12.5. The van der Waals surface area contributed by atoms with Crippen LogP contribution in [0.5, 0.6) is 11.5 Å². The maximum atomic E-state index is 12.5. The zero-order valence-electron chi connectivity index (χ0n) is 14.0. The number of rotatable bonds is 5. The summed E-state index contributed by atoms with van der Waals surface area (Å²) in [6, 6.07) is 12.2. The molecule has 25 heavy (non-hydrogen) atoms. The monoisotopic (exact) mass is 359 g/mol. The molecule has 0 saturated carbocycles. The molecule has 0 bridgehead atoms. The lowest BCUT2D eigenvalue weighted by Crippen LogP contribution is -2.19. The van der Waals surface area contributed by atoms with Crippen LogP contribution in [-0.2, 0) is 9.84 Å². The number of hydrogen-bond acceptors (Lipinski definition) is 6. The molecule has 6 nitrogen and oxygen atoms in total. The minimum atomic E-state index is -3.65. The highest BCUT2D eigenvalue weighted by molar-refractivity contribution is 7.92. The molecule has 0 unspecified atom stereocenters. The van der Waals surface area contributed by atoms with Crippen molar-refractivity contribution in [3.05, 3.63) is 53.6 Å². The first-order chi connectivity index (χ1) is 11.8. The van der Waals surface area contributed by atoms with Crippen molar-refractivity contribution in [1.29, 1.82) is 5.26 Å². The number of carbonyl (C=O) groups excluding carboxylic acids is 1. The van der Waals surface area contributed by atoms with Crippen LogP contribution >= 0.6 is 0 Å². The van der Waals surface area contributed by atoms with Gasteiger partial charge in [0.15, 0.2) is 21.3 Å². The summed E-state index contributed by atoms with van der Waals surface area (Å²) in [7, 11) is -2.27. The van der Waals surface area contributed by atoms with E-state index in [1.54, 1.807) is 26.0 Å². The fraction of sp³-hybridized carbons (Fsp3) is 0.222. The predicted octanol–water partition coefficient (Wildman–Crippen LogP) is 2.97. The Labute approximate surface area is 146 Å². The van der Waals surface area contributed by atoms with Crippen LogP contribution in [-0.4, -0.2) is 26.7 Å². The molecule has 0 fully saturated rings. The van der Waals surface area contributed by atoms with Crippen molar-refractivity contribution < 1.29 is 22.7 Å². The second-order valence-corrected chi connectivity index (χ2v) is 7.93. The molecule has 0 radical (unpaired) electrons. The van der Waals surface area contributed by atoms with Gasteiger partial charge in [0.1, 0.15) is 0 Å². The van der Waals surface area contributed by atoms with Crippen LogP contribution < -0.4 is 9.47 Å². The topological polar surface area (TPSA) is 93.5 Å². The maximum Gasteiger partial charge on any atom is 0.344 e. The van der Waals surface area contributed by atoms with Crippen molar-refractivity contribution in [1.82, 2.24) is 0 Å². The minimum Gasteiger partial charge on any atom is -0.493 e. The molecule has 130 valence electrons. The van der Waals surface area contributed by atoms with E-state index in [4.69, 9.17) is 14.7 Å². The number of methoxy groups -OCH3 is 1. The SMILES string of the molecule is COc1cc(C#N)ccc1OC(=O)c1ccccc1S(=O)(=O)C(C)C. The standard InChI is InChI=1S/C18H17NO5S/c1-12(2)25(21,22)17-7-5-4-6-14(17)18(20)24-15-9-8-13(11-19)10-16(15)23-3/h4-10,12H,1-3H3. The Balaban J connectivity index is 2.43. The summed E-state index contributed by atoms with van der Waals surface area (Å²) >= 11 is 0.